The quantitative estimate of drug-likeness (QED) is 0.366. The molecule has 0 saturated heterocycles. The van der Waals surface area contributed by atoms with Crippen molar-refractivity contribution in [3.8, 4) is 5.75 Å². The average molecular weight is 503 g/mol. The highest BCUT2D eigenvalue weighted by Gasteiger charge is 2.44. The van der Waals surface area contributed by atoms with E-state index < -0.39 is 0 Å². The van der Waals surface area contributed by atoms with Gasteiger partial charge in [0.15, 0.2) is 6.61 Å². The third kappa shape index (κ3) is 4.37. The molecule has 2 atom stereocenters. The highest BCUT2D eigenvalue weighted by Crippen LogP contribution is 2.45. The van der Waals surface area contributed by atoms with Crippen LogP contribution >= 0.6 is 45.9 Å². The van der Waals surface area contributed by atoms with Gasteiger partial charge < -0.3 is 4.74 Å². The summed E-state index contributed by atoms with van der Waals surface area (Å²) in [6, 6.07) is 13.1. The molecular formula is C24H20Cl2N2O2S2. The van der Waals surface area contributed by atoms with E-state index in [0.29, 0.717) is 15.8 Å². The summed E-state index contributed by atoms with van der Waals surface area (Å²) in [7, 11) is 0. The SMILES string of the molecule is O=C(COc1ccc(Cl)cc1Cl)N1N=C2/C(=C\c3cccs3)CCC[C@H]2[C@H]1c1cccs1. The van der Waals surface area contributed by atoms with E-state index in [-0.39, 0.29) is 24.5 Å². The van der Waals surface area contributed by atoms with E-state index in [1.54, 1.807) is 45.9 Å². The van der Waals surface area contributed by atoms with Crippen molar-refractivity contribution >= 4 is 63.6 Å². The van der Waals surface area contributed by atoms with Crippen LogP contribution in [0.3, 0.4) is 0 Å². The molecule has 1 amide bonds. The third-order valence-corrected chi connectivity index (χ3v) is 7.99. The second-order valence-corrected chi connectivity index (χ2v) is 10.5. The Morgan fingerprint density at radius 3 is 2.78 bits per heavy atom. The van der Waals surface area contributed by atoms with E-state index in [2.05, 4.69) is 29.7 Å². The first-order valence-corrected chi connectivity index (χ1v) is 12.9. The Morgan fingerprint density at radius 1 is 1.19 bits per heavy atom. The monoisotopic (exact) mass is 502 g/mol. The van der Waals surface area contributed by atoms with E-state index in [1.807, 2.05) is 11.4 Å². The zero-order chi connectivity index (χ0) is 22.1. The van der Waals surface area contributed by atoms with Gasteiger partial charge in [-0.1, -0.05) is 35.3 Å². The number of carbonyl (C=O) groups is 1. The summed E-state index contributed by atoms with van der Waals surface area (Å²) in [5.74, 6) is 0.433. The summed E-state index contributed by atoms with van der Waals surface area (Å²) < 4.78 is 5.74. The third-order valence-electron chi connectivity index (χ3n) is 5.70. The molecule has 8 heteroatoms. The Balaban J connectivity index is 1.43. The number of hydrazone groups is 1. The first kappa shape index (κ1) is 21.7. The molecule has 0 N–H and O–H groups in total. The molecule has 1 aromatic carbocycles. The van der Waals surface area contributed by atoms with Crippen molar-refractivity contribution in [1.29, 1.82) is 0 Å². The number of benzene rings is 1. The number of amides is 1. The summed E-state index contributed by atoms with van der Waals surface area (Å²) in [5, 5.41) is 11.5. The van der Waals surface area contributed by atoms with E-state index in [9.17, 15) is 4.79 Å². The number of halogens is 2. The van der Waals surface area contributed by atoms with Gasteiger partial charge in [-0.2, -0.15) is 5.10 Å². The molecule has 0 bridgehead atoms. The topological polar surface area (TPSA) is 41.9 Å². The molecule has 1 fully saturated rings. The van der Waals surface area contributed by atoms with Crippen molar-refractivity contribution < 1.29 is 9.53 Å². The molecule has 1 saturated carbocycles. The number of thiophene rings is 2. The fraction of sp³-hybridized carbons (Fsp3) is 0.250. The van der Waals surface area contributed by atoms with Crippen LogP contribution in [0.25, 0.3) is 6.08 Å². The molecule has 3 aromatic rings. The maximum Gasteiger partial charge on any atom is 0.281 e. The zero-order valence-electron chi connectivity index (χ0n) is 17.0. The number of fused-ring (bicyclic) bond motifs is 1. The number of nitrogens with zero attached hydrogens (tertiary/aromatic N) is 2. The molecule has 164 valence electrons. The van der Waals surface area contributed by atoms with Gasteiger partial charge in [0.05, 0.1) is 16.8 Å². The van der Waals surface area contributed by atoms with Crippen LogP contribution < -0.4 is 4.74 Å². The lowest BCUT2D eigenvalue weighted by Gasteiger charge is -2.28. The molecule has 1 aliphatic heterocycles. The van der Waals surface area contributed by atoms with Crippen LogP contribution in [-0.4, -0.2) is 23.2 Å². The highest BCUT2D eigenvalue weighted by molar-refractivity contribution is 7.11. The molecular weight excluding hydrogens is 483 g/mol. The smallest absolute Gasteiger partial charge is 0.281 e. The summed E-state index contributed by atoms with van der Waals surface area (Å²) in [6.07, 6.45) is 5.29. The van der Waals surface area contributed by atoms with Crippen LogP contribution in [0, 0.1) is 5.92 Å². The second kappa shape index (κ2) is 9.40. The summed E-state index contributed by atoms with van der Waals surface area (Å²) in [6.45, 7) is -0.142. The Kier molecular flexibility index (Phi) is 6.37. The van der Waals surface area contributed by atoms with Gasteiger partial charge >= 0.3 is 0 Å². The molecule has 0 radical (unpaired) electrons. The fourth-order valence-electron chi connectivity index (χ4n) is 4.29. The number of ether oxygens (including phenoxy) is 1. The molecule has 0 spiro atoms. The maximum absolute atomic E-state index is 13.3. The van der Waals surface area contributed by atoms with Crippen LogP contribution in [-0.2, 0) is 4.79 Å². The molecule has 1 aliphatic carbocycles. The Bertz CT molecular complexity index is 1170. The van der Waals surface area contributed by atoms with Gasteiger partial charge in [-0.05, 0) is 72.0 Å². The van der Waals surface area contributed by atoms with Crippen molar-refractivity contribution in [2.45, 2.75) is 25.3 Å². The molecule has 5 rings (SSSR count). The minimum Gasteiger partial charge on any atom is -0.482 e. The van der Waals surface area contributed by atoms with Crippen molar-refractivity contribution in [2.75, 3.05) is 6.61 Å². The van der Waals surface area contributed by atoms with Gasteiger partial charge in [-0.15, -0.1) is 22.7 Å². The van der Waals surface area contributed by atoms with Crippen LogP contribution in [0.1, 0.15) is 35.1 Å². The average Bonchev–Trinajstić information content (AvgIpc) is 3.53. The summed E-state index contributed by atoms with van der Waals surface area (Å²) >= 11 is 15.5. The largest absolute Gasteiger partial charge is 0.482 e. The molecule has 0 unspecified atom stereocenters. The lowest BCUT2D eigenvalue weighted by atomic mass is 9.79. The minimum atomic E-state index is -0.188. The molecule has 2 aliphatic rings. The van der Waals surface area contributed by atoms with Gasteiger partial charge in [-0.3, -0.25) is 4.79 Å². The van der Waals surface area contributed by atoms with Crippen molar-refractivity contribution in [3.05, 3.63) is 78.6 Å². The Morgan fingerprint density at radius 2 is 2.03 bits per heavy atom. The molecule has 32 heavy (non-hydrogen) atoms. The van der Waals surface area contributed by atoms with Crippen LogP contribution in [0.15, 0.2) is 63.9 Å². The van der Waals surface area contributed by atoms with E-state index >= 15 is 0 Å². The first-order valence-electron chi connectivity index (χ1n) is 10.4. The number of rotatable bonds is 5. The highest BCUT2D eigenvalue weighted by atomic mass is 35.5. The first-order chi connectivity index (χ1) is 15.6. The number of allylic oxidation sites excluding steroid dienone is 1. The van der Waals surface area contributed by atoms with E-state index in [0.717, 1.165) is 29.9 Å². The maximum atomic E-state index is 13.3. The lowest BCUT2D eigenvalue weighted by molar-refractivity contribution is -0.135. The molecule has 3 heterocycles. The van der Waals surface area contributed by atoms with Crippen LogP contribution in [0.5, 0.6) is 5.75 Å². The summed E-state index contributed by atoms with van der Waals surface area (Å²) in [5.41, 5.74) is 2.25. The number of carbonyl (C=O) groups excluding carboxylic acids is 1. The van der Waals surface area contributed by atoms with Crippen molar-refractivity contribution in [3.63, 3.8) is 0 Å². The predicted octanol–water partition coefficient (Wildman–Crippen LogP) is 7.32. The Hall–Kier alpha value is -2.12. The second-order valence-electron chi connectivity index (χ2n) is 7.73. The zero-order valence-corrected chi connectivity index (χ0v) is 20.2. The number of hydrogen-bond acceptors (Lipinski definition) is 5. The lowest BCUT2D eigenvalue weighted by Crippen LogP contribution is -2.34. The normalized spacial score (nSPS) is 21.5. The van der Waals surface area contributed by atoms with Crippen LogP contribution in [0.2, 0.25) is 10.0 Å². The van der Waals surface area contributed by atoms with Crippen LogP contribution in [0.4, 0.5) is 0 Å². The summed E-state index contributed by atoms with van der Waals surface area (Å²) in [4.78, 5) is 15.6. The van der Waals surface area contributed by atoms with Gasteiger partial charge in [0.2, 0.25) is 0 Å². The molecule has 4 nitrogen and oxygen atoms in total. The van der Waals surface area contributed by atoms with E-state index in [1.165, 1.54) is 10.5 Å². The van der Waals surface area contributed by atoms with Crippen molar-refractivity contribution in [1.82, 2.24) is 5.01 Å². The Labute approximate surface area is 204 Å². The predicted molar refractivity (Wildman–Crippen MR) is 133 cm³/mol. The van der Waals surface area contributed by atoms with Crippen molar-refractivity contribution in [2.24, 2.45) is 11.0 Å². The molecule has 2 aromatic heterocycles. The fourth-order valence-corrected chi connectivity index (χ4v) is 6.31. The van der Waals surface area contributed by atoms with E-state index in [4.69, 9.17) is 33.0 Å². The number of hydrogen-bond donors (Lipinski definition) is 0. The standard InChI is InChI=1S/C24H20Cl2N2O2S2/c25-16-8-9-20(19(26)13-16)30-14-22(29)28-24(21-7-3-11-32-21)18-6-1-4-15(23(18)27-28)12-17-5-2-10-31-17/h2-3,5,7-13,18,24H,1,4,6,14H2/b15-12-/t18-,24+/m1/s1. The van der Waals surface area contributed by atoms with Gasteiger partial charge in [-0.25, -0.2) is 5.01 Å². The van der Waals surface area contributed by atoms with Gasteiger partial charge in [0.1, 0.15) is 5.75 Å². The minimum absolute atomic E-state index is 0.103. The van der Waals surface area contributed by atoms with Gasteiger partial charge in [0, 0.05) is 20.7 Å². The van der Waals surface area contributed by atoms with Gasteiger partial charge in [0.25, 0.3) is 5.91 Å².